The van der Waals surface area contributed by atoms with Gasteiger partial charge in [0.1, 0.15) is 23.5 Å². The normalized spacial score (nSPS) is 20.2. The second kappa shape index (κ2) is 7.11. The van der Waals surface area contributed by atoms with Crippen molar-refractivity contribution in [3.8, 4) is 5.75 Å². The highest BCUT2D eigenvalue weighted by molar-refractivity contribution is 6.03. The lowest BCUT2D eigenvalue weighted by Gasteiger charge is -2.39. The third-order valence-electron chi connectivity index (χ3n) is 6.75. The Balaban J connectivity index is 1.63. The van der Waals surface area contributed by atoms with Gasteiger partial charge in [-0.2, -0.15) is 0 Å². The van der Waals surface area contributed by atoms with Gasteiger partial charge in [0.25, 0.3) is 5.91 Å². The molecular formula is C24H26N4O3. The zero-order chi connectivity index (χ0) is 21.9. The molecule has 31 heavy (non-hydrogen) atoms. The summed E-state index contributed by atoms with van der Waals surface area (Å²) in [5.41, 5.74) is 10.9. The molecule has 1 fully saturated rings. The standard InChI is InChI=1S/C24H26N4O3/c1-13-6-4-5-7-15(13)20-9-8-16-17(24(30)28-11-10-18(28)23(25)29)12-19-21(22(16)31-20)26-14(2)27(19)3/h4-7,12,18,20H,8-11H2,1-3H3,(H2,25,29)/t18?,20-/m0/s1. The van der Waals surface area contributed by atoms with Crippen LogP contribution in [0.4, 0.5) is 0 Å². The second-order valence-electron chi connectivity index (χ2n) is 8.52. The predicted octanol–water partition coefficient (Wildman–Crippen LogP) is 2.96. The smallest absolute Gasteiger partial charge is 0.255 e. The van der Waals surface area contributed by atoms with Gasteiger partial charge in [-0.15, -0.1) is 0 Å². The number of nitrogens with two attached hydrogens (primary N) is 1. The average molecular weight is 418 g/mol. The Labute approximate surface area is 180 Å². The number of aryl methyl sites for hydroxylation is 3. The Morgan fingerprint density at radius 3 is 2.65 bits per heavy atom. The molecule has 2 aliphatic heterocycles. The van der Waals surface area contributed by atoms with Crippen molar-refractivity contribution < 1.29 is 14.3 Å². The van der Waals surface area contributed by atoms with Crippen LogP contribution >= 0.6 is 0 Å². The Morgan fingerprint density at radius 2 is 1.97 bits per heavy atom. The van der Waals surface area contributed by atoms with Crippen LogP contribution in [0.3, 0.4) is 0 Å². The first-order valence-electron chi connectivity index (χ1n) is 10.7. The topological polar surface area (TPSA) is 90.5 Å². The van der Waals surface area contributed by atoms with E-state index in [0.717, 1.165) is 34.4 Å². The number of carbonyl (C=O) groups is 2. The minimum absolute atomic E-state index is 0.0908. The molecule has 2 aliphatic rings. The molecule has 3 heterocycles. The van der Waals surface area contributed by atoms with E-state index >= 15 is 0 Å². The number of fused-ring (bicyclic) bond motifs is 3. The number of primary amides is 1. The quantitative estimate of drug-likeness (QED) is 0.708. The number of aromatic nitrogens is 2. The van der Waals surface area contributed by atoms with Crippen molar-refractivity contribution in [1.29, 1.82) is 0 Å². The van der Waals surface area contributed by atoms with Crippen molar-refractivity contribution in [2.75, 3.05) is 6.54 Å². The van der Waals surface area contributed by atoms with E-state index in [1.54, 1.807) is 4.90 Å². The highest BCUT2D eigenvalue weighted by Crippen LogP contribution is 2.43. The van der Waals surface area contributed by atoms with E-state index in [9.17, 15) is 9.59 Å². The minimum Gasteiger partial charge on any atom is -0.483 e. The molecule has 5 rings (SSSR count). The summed E-state index contributed by atoms with van der Waals surface area (Å²) in [6.07, 6.45) is 2.00. The van der Waals surface area contributed by atoms with Gasteiger partial charge in [0.2, 0.25) is 5.91 Å². The molecule has 1 unspecified atom stereocenters. The fourth-order valence-corrected chi connectivity index (χ4v) is 4.74. The Morgan fingerprint density at radius 1 is 1.19 bits per heavy atom. The van der Waals surface area contributed by atoms with Crippen molar-refractivity contribution in [2.24, 2.45) is 12.8 Å². The molecule has 160 valence electrons. The number of likely N-dealkylation sites (tertiary alicyclic amines) is 1. The molecule has 7 nitrogen and oxygen atoms in total. The Kier molecular flexibility index (Phi) is 4.50. The highest BCUT2D eigenvalue weighted by Gasteiger charge is 2.39. The lowest BCUT2D eigenvalue weighted by molar-refractivity contribution is -0.125. The van der Waals surface area contributed by atoms with Gasteiger partial charge in [-0.25, -0.2) is 4.98 Å². The summed E-state index contributed by atoms with van der Waals surface area (Å²) in [6.45, 7) is 4.56. The number of imidazole rings is 1. The van der Waals surface area contributed by atoms with E-state index < -0.39 is 11.9 Å². The maximum Gasteiger partial charge on any atom is 0.255 e. The van der Waals surface area contributed by atoms with Gasteiger partial charge in [0.15, 0.2) is 5.75 Å². The zero-order valence-corrected chi connectivity index (χ0v) is 18.0. The summed E-state index contributed by atoms with van der Waals surface area (Å²) in [5.74, 6) is 0.911. The number of carbonyl (C=O) groups excluding carboxylic acids is 2. The summed E-state index contributed by atoms with van der Waals surface area (Å²) in [5, 5.41) is 0. The molecule has 2 N–H and O–H groups in total. The van der Waals surface area contributed by atoms with Crippen LogP contribution in [-0.2, 0) is 18.3 Å². The van der Waals surface area contributed by atoms with Gasteiger partial charge in [0.05, 0.1) is 5.52 Å². The predicted molar refractivity (Wildman–Crippen MR) is 117 cm³/mol. The summed E-state index contributed by atoms with van der Waals surface area (Å²) in [6, 6.07) is 9.59. The van der Waals surface area contributed by atoms with E-state index in [1.807, 2.05) is 36.7 Å². The van der Waals surface area contributed by atoms with Crippen LogP contribution in [0.1, 0.15) is 51.8 Å². The SMILES string of the molecule is Cc1ccccc1[C@@H]1CCc2c(C(=O)N3CCC3C(N)=O)cc3c(nc(C)n3C)c2O1. The average Bonchev–Trinajstić information content (AvgIpc) is 3.00. The van der Waals surface area contributed by atoms with Gasteiger partial charge in [-0.1, -0.05) is 24.3 Å². The first-order chi connectivity index (χ1) is 14.9. The number of rotatable bonds is 3. The van der Waals surface area contributed by atoms with Crippen LogP contribution in [0.2, 0.25) is 0 Å². The molecule has 7 heteroatoms. The van der Waals surface area contributed by atoms with Crippen LogP contribution < -0.4 is 10.5 Å². The largest absolute Gasteiger partial charge is 0.483 e. The molecule has 0 saturated carbocycles. The Hall–Kier alpha value is -3.35. The van der Waals surface area contributed by atoms with Crippen molar-refractivity contribution in [1.82, 2.24) is 14.5 Å². The van der Waals surface area contributed by atoms with Gasteiger partial charge < -0.3 is 19.9 Å². The molecule has 1 saturated heterocycles. The number of ether oxygens (including phenoxy) is 1. The molecule has 3 aromatic rings. The molecule has 0 aliphatic carbocycles. The van der Waals surface area contributed by atoms with Crippen LogP contribution in [0.25, 0.3) is 11.0 Å². The highest BCUT2D eigenvalue weighted by atomic mass is 16.5. The summed E-state index contributed by atoms with van der Waals surface area (Å²) >= 11 is 0. The first kappa shape index (κ1) is 19.6. The molecule has 2 atom stereocenters. The molecule has 2 aromatic carbocycles. The summed E-state index contributed by atoms with van der Waals surface area (Å²) in [4.78, 5) is 31.4. The lowest BCUT2D eigenvalue weighted by atomic mass is 9.90. The molecule has 0 spiro atoms. The van der Waals surface area contributed by atoms with E-state index in [4.69, 9.17) is 15.5 Å². The molecule has 2 amide bonds. The van der Waals surface area contributed by atoms with Gasteiger partial charge in [-0.05, 0) is 50.3 Å². The van der Waals surface area contributed by atoms with Crippen LogP contribution in [0, 0.1) is 13.8 Å². The maximum atomic E-state index is 13.4. The van der Waals surface area contributed by atoms with Crippen LogP contribution in [0.5, 0.6) is 5.75 Å². The van der Waals surface area contributed by atoms with Crippen molar-refractivity contribution in [2.45, 2.75) is 45.3 Å². The summed E-state index contributed by atoms with van der Waals surface area (Å²) in [7, 11) is 1.93. The first-order valence-corrected chi connectivity index (χ1v) is 10.7. The van der Waals surface area contributed by atoms with Gasteiger partial charge >= 0.3 is 0 Å². The van der Waals surface area contributed by atoms with Crippen LogP contribution in [0.15, 0.2) is 30.3 Å². The zero-order valence-electron chi connectivity index (χ0n) is 18.0. The van der Waals surface area contributed by atoms with Gasteiger partial charge in [-0.3, -0.25) is 9.59 Å². The van der Waals surface area contributed by atoms with E-state index in [1.165, 1.54) is 5.56 Å². The lowest BCUT2D eigenvalue weighted by Crippen LogP contribution is -2.57. The third kappa shape index (κ3) is 2.99. The third-order valence-corrected chi connectivity index (χ3v) is 6.75. The molecule has 1 aromatic heterocycles. The van der Waals surface area contributed by atoms with Crippen molar-refractivity contribution >= 4 is 22.8 Å². The molecule has 0 bridgehead atoms. The van der Waals surface area contributed by atoms with Crippen LogP contribution in [-0.4, -0.2) is 38.9 Å². The van der Waals surface area contributed by atoms with E-state index in [2.05, 4.69) is 19.1 Å². The molecular weight excluding hydrogens is 392 g/mol. The van der Waals surface area contributed by atoms with Crippen molar-refractivity contribution in [3.05, 3.63) is 58.4 Å². The number of hydrogen-bond acceptors (Lipinski definition) is 4. The summed E-state index contributed by atoms with van der Waals surface area (Å²) < 4.78 is 8.51. The van der Waals surface area contributed by atoms with Gasteiger partial charge in [0, 0.05) is 24.7 Å². The number of nitrogens with zero attached hydrogens (tertiary/aromatic N) is 3. The minimum atomic E-state index is -0.531. The molecule has 0 radical (unpaired) electrons. The maximum absolute atomic E-state index is 13.4. The van der Waals surface area contributed by atoms with E-state index in [-0.39, 0.29) is 12.0 Å². The second-order valence-corrected chi connectivity index (χ2v) is 8.52. The van der Waals surface area contributed by atoms with Crippen molar-refractivity contribution in [3.63, 3.8) is 0 Å². The Bertz CT molecular complexity index is 1230. The fourth-order valence-electron chi connectivity index (χ4n) is 4.74. The monoisotopic (exact) mass is 418 g/mol. The fraction of sp³-hybridized carbons (Fsp3) is 0.375. The number of benzene rings is 2. The number of hydrogen-bond donors (Lipinski definition) is 1. The van der Waals surface area contributed by atoms with E-state index in [0.29, 0.717) is 30.7 Å². The number of amides is 2.